The average molecular weight is 1130 g/mol. The molecule has 8 fully saturated rings. The molecule has 9 aliphatic rings. The number of nitrogens with one attached hydrogen (secondary N) is 3. The molecule has 7 aliphatic heterocycles. The number of benzene rings is 1. The molecule has 3 aromatic rings. The number of ether oxygens (including phenoxy) is 3. The number of esters is 1. The van der Waals surface area contributed by atoms with Gasteiger partial charge in [-0.05, 0) is 120 Å². The van der Waals surface area contributed by atoms with Crippen LogP contribution in [0.25, 0.3) is 22.2 Å². The van der Waals surface area contributed by atoms with Crippen LogP contribution in [0.4, 0.5) is 24.5 Å². The molecule has 9 heterocycles. The molecule has 1 spiro atoms. The third-order valence-corrected chi connectivity index (χ3v) is 19.6. The maximum atomic E-state index is 15.3. The molecule has 2 aliphatic carbocycles. The van der Waals surface area contributed by atoms with E-state index in [9.17, 15) is 9.59 Å². The van der Waals surface area contributed by atoms with Gasteiger partial charge in [-0.25, -0.2) is 5.43 Å². The maximum absolute atomic E-state index is 15.3. The Bertz CT molecular complexity index is 2850. The van der Waals surface area contributed by atoms with E-state index in [4.69, 9.17) is 19.2 Å². The summed E-state index contributed by atoms with van der Waals surface area (Å²) >= 11 is 0. The van der Waals surface area contributed by atoms with Gasteiger partial charge in [0, 0.05) is 118 Å². The number of carbonyl (C=O) groups excluding carboxylic acids is 4. The fraction of sp³-hybridized carbons (Fsp3) is 0.717. The third kappa shape index (κ3) is 11.9. The van der Waals surface area contributed by atoms with E-state index >= 15 is 22.8 Å². The van der Waals surface area contributed by atoms with Crippen molar-refractivity contribution in [2.24, 2.45) is 22.7 Å². The molecule has 442 valence electrons. The van der Waals surface area contributed by atoms with Crippen molar-refractivity contribution in [1.29, 1.82) is 0 Å². The Kier molecular flexibility index (Phi) is 15.7. The van der Waals surface area contributed by atoms with Gasteiger partial charge < -0.3 is 43.7 Å². The van der Waals surface area contributed by atoms with E-state index in [0.29, 0.717) is 97.5 Å². The fourth-order valence-corrected chi connectivity index (χ4v) is 14.9. The second kappa shape index (κ2) is 22.5. The minimum Gasteiger partial charge on any atom is -0.464 e. The summed E-state index contributed by atoms with van der Waals surface area (Å²) in [4.78, 5) is 74.4. The van der Waals surface area contributed by atoms with Crippen LogP contribution in [0.2, 0.25) is 0 Å². The number of anilines is 2. The maximum Gasteiger partial charge on any atom is 0.406 e. The van der Waals surface area contributed by atoms with Crippen LogP contribution in [0, 0.1) is 22.7 Å². The zero-order valence-corrected chi connectivity index (χ0v) is 48.0. The summed E-state index contributed by atoms with van der Waals surface area (Å²) in [7, 11) is 3.65. The molecular weight excluding hydrogens is 1040 g/mol. The van der Waals surface area contributed by atoms with Crippen LogP contribution < -0.4 is 25.9 Å². The van der Waals surface area contributed by atoms with Crippen molar-refractivity contribution < 1.29 is 46.6 Å². The second-order valence-corrected chi connectivity index (χ2v) is 26.2. The topological polar surface area (TPSA) is 179 Å². The van der Waals surface area contributed by atoms with Gasteiger partial charge in [0.25, 0.3) is 5.91 Å². The lowest BCUT2D eigenvalue weighted by atomic mass is 9.84. The Morgan fingerprint density at radius 2 is 1.70 bits per heavy atom. The molecule has 81 heavy (non-hydrogen) atoms. The lowest BCUT2D eigenvalue weighted by Crippen LogP contribution is -2.62. The number of piperazine rings is 1. The number of morpholine rings is 1. The van der Waals surface area contributed by atoms with E-state index in [2.05, 4.69) is 47.6 Å². The summed E-state index contributed by atoms with van der Waals surface area (Å²) < 4.78 is 65.5. The first kappa shape index (κ1) is 56.4. The normalized spacial score (nSPS) is 29.8. The van der Waals surface area contributed by atoms with Crippen molar-refractivity contribution >= 4 is 46.0 Å². The SMILES string of the molecule is CO[C@@H](C)c1ncc(N2CCN(C)CC2)cc1-c1c2c3cc(ccc3n1CC(F)(F)F)N1CCO[C@@H](C[C@H](NC(=O)[C@H](C3CCCC3)N3CC[C@]4(CCN(C(=O)[C@@H]5N[C@@H]5C5CC5)C4)C3)C(=O)N3CCC[C@H](N3)C(=O)OCC(C)(C)C2)C1. The largest absolute Gasteiger partial charge is 0.464 e. The number of fused-ring (bicyclic) bond motifs is 6. The number of methoxy groups -OCH3 is 1. The van der Waals surface area contributed by atoms with Crippen LogP contribution in [0.15, 0.2) is 30.5 Å². The number of carbonyl (C=O) groups is 4. The predicted molar refractivity (Wildman–Crippen MR) is 300 cm³/mol. The molecule has 21 heteroatoms. The summed E-state index contributed by atoms with van der Waals surface area (Å²) in [6, 6.07) is 5.55. The lowest BCUT2D eigenvalue weighted by molar-refractivity contribution is -0.156. The van der Waals surface area contributed by atoms with Gasteiger partial charge in [0.1, 0.15) is 24.7 Å². The van der Waals surface area contributed by atoms with Gasteiger partial charge in [0.2, 0.25) is 11.8 Å². The van der Waals surface area contributed by atoms with Crippen LogP contribution in [0.1, 0.15) is 109 Å². The fourth-order valence-electron chi connectivity index (χ4n) is 14.9. The summed E-state index contributed by atoms with van der Waals surface area (Å²) in [5.74, 6) is -0.122. The molecule has 0 radical (unpaired) electrons. The Morgan fingerprint density at radius 1 is 0.926 bits per heavy atom. The molecule has 2 aromatic heterocycles. The highest BCUT2D eigenvalue weighted by atomic mass is 19.4. The average Bonchev–Trinajstić information content (AvgIpc) is 4.45. The molecule has 6 saturated heterocycles. The van der Waals surface area contributed by atoms with Crippen molar-refractivity contribution in [3.8, 4) is 11.3 Å². The summed E-state index contributed by atoms with van der Waals surface area (Å²) in [5, 5.41) is 8.89. The van der Waals surface area contributed by atoms with Crippen molar-refractivity contribution in [3.63, 3.8) is 0 Å². The van der Waals surface area contributed by atoms with Gasteiger partial charge in [-0.2, -0.15) is 13.2 Å². The number of nitrogens with zero attached hydrogens (tertiary/aromatic N) is 8. The zero-order valence-electron chi connectivity index (χ0n) is 48.0. The summed E-state index contributed by atoms with van der Waals surface area (Å²) in [6.45, 7) is 11.9. The van der Waals surface area contributed by atoms with Crippen LogP contribution in [-0.4, -0.2) is 195 Å². The number of hydrogen-bond donors (Lipinski definition) is 3. The molecule has 3 amide bonds. The van der Waals surface area contributed by atoms with Crippen molar-refractivity contribution in [2.45, 2.75) is 153 Å². The lowest BCUT2D eigenvalue weighted by Gasteiger charge is -2.39. The van der Waals surface area contributed by atoms with Gasteiger partial charge in [0.15, 0.2) is 0 Å². The molecule has 3 N–H and O–H groups in total. The molecule has 12 rings (SSSR count). The molecule has 2 saturated carbocycles. The predicted octanol–water partition coefficient (Wildman–Crippen LogP) is 5.66. The van der Waals surface area contributed by atoms with E-state index < -0.39 is 54.4 Å². The van der Waals surface area contributed by atoms with Crippen molar-refractivity contribution in [2.75, 3.05) is 109 Å². The van der Waals surface area contributed by atoms with Gasteiger partial charge in [0.05, 0.1) is 54.7 Å². The zero-order chi connectivity index (χ0) is 56.5. The number of alkyl halides is 3. The van der Waals surface area contributed by atoms with Gasteiger partial charge in [-0.1, -0.05) is 26.7 Å². The van der Waals surface area contributed by atoms with Crippen molar-refractivity contribution in [3.05, 3.63) is 41.7 Å². The number of pyridine rings is 1. The minimum absolute atomic E-state index is 0.0545. The van der Waals surface area contributed by atoms with Gasteiger partial charge in [-0.3, -0.25) is 39.4 Å². The molecule has 6 bridgehead atoms. The standard InChI is InChI=1S/C60H84F3N11O7/c1-37(79-5)49-44(28-41(31-64-49)69-23-21-68(4)22-24-69)53-45-30-58(2,3)36-81-57(78)46-11-8-18-74(67-46)55(76)47(29-42-32-70(25-26-80-42)40-14-15-48(43(45)27-40)73(53)35-60(61,62)63)65-54(75)52(39-9-6-7-10-39)71-19-16-59(33-71)17-20-72(34-59)56(77)51-50(66-51)38-12-13-38/h14-15,27-28,31,37-39,42,46-47,50-52,66-67H,6-13,16-26,29-30,32-36H2,1-5H3,(H,65,75)/t37-,42-,46-,47-,50+,51+,52-,59-/m0/s1. The highest BCUT2D eigenvalue weighted by Gasteiger charge is 2.55. The Morgan fingerprint density at radius 3 is 2.46 bits per heavy atom. The number of hydrazine groups is 1. The first-order chi connectivity index (χ1) is 38.8. The molecule has 8 atom stereocenters. The van der Waals surface area contributed by atoms with E-state index in [1.165, 1.54) is 22.4 Å². The smallest absolute Gasteiger partial charge is 0.406 e. The van der Waals surface area contributed by atoms with Crippen LogP contribution >= 0.6 is 0 Å². The Labute approximate surface area is 474 Å². The number of likely N-dealkylation sites (tertiary alicyclic amines) is 2. The second-order valence-electron chi connectivity index (χ2n) is 26.2. The number of aromatic nitrogens is 2. The Hall–Kier alpha value is -5.06. The number of rotatable bonds is 11. The molecule has 18 nitrogen and oxygen atoms in total. The van der Waals surface area contributed by atoms with Crippen molar-refractivity contribution in [1.82, 2.24) is 45.3 Å². The number of hydrogen-bond acceptors (Lipinski definition) is 14. The molecular formula is C60H84F3N11O7. The third-order valence-electron chi connectivity index (χ3n) is 19.6. The monoisotopic (exact) mass is 1130 g/mol. The number of likely N-dealkylation sites (N-methyl/N-ethyl adjacent to an activating group) is 1. The van der Waals surface area contributed by atoms with E-state index in [1.807, 2.05) is 39.0 Å². The number of amides is 3. The minimum atomic E-state index is -4.59. The molecule has 1 aromatic carbocycles. The summed E-state index contributed by atoms with van der Waals surface area (Å²) in [6.07, 6.45) is 5.52. The quantitative estimate of drug-likeness (QED) is 0.158. The van der Waals surface area contributed by atoms with Gasteiger partial charge in [-0.15, -0.1) is 0 Å². The first-order valence-corrected chi connectivity index (χ1v) is 30.2. The highest BCUT2D eigenvalue weighted by Crippen LogP contribution is 2.47. The molecule has 0 unspecified atom stereocenters. The van der Waals surface area contributed by atoms with Crippen LogP contribution in [0.3, 0.4) is 0 Å². The van der Waals surface area contributed by atoms with E-state index in [-0.39, 0.29) is 54.5 Å². The van der Waals surface area contributed by atoms with E-state index in [0.717, 1.165) is 89.2 Å². The summed E-state index contributed by atoms with van der Waals surface area (Å²) in [5.41, 5.74) is 6.47. The first-order valence-electron chi connectivity index (χ1n) is 30.2. The number of cyclic esters (lactones) is 1. The van der Waals surface area contributed by atoms with Gasteiger partial charge >= 0.3 is 12.1 Å². The highest BCUT2D eigenvalue weighted by molar-refractivity contribution is 5.95. The van der Waals surface area contributed by atoms with E-state index in [1.54, 1.807) is 19.4 Å². The number of halogens is 3. The Balaban J connectivity index is 0.876. The van der Waals surface area contributed by atoms with Crippen LogP contribution in [-0.2, 0) is 46.4 Å². The van der Waals surface area contributed by atoms with Crippen LogP contribution in [0.5, 0.6) is 0 Å².